The van der Waals surface area contributed by atoms with E-state index in [1.165, 1.54) is 11.8 Å². The zero-order chi connectivity index (χ0) is 20.9. The van der Waals surface area contributed by atoms with Gasteiger partial charge in [0.2, 0.25) is 5.91 Å². The molecule has 0 fully saturated rings. The Labute approximate surface area is 188 Å². The number of benzene rings is 3. The maximum Gasteiger partial charge on any atom is 0.234 e. The van der Waals surface area contributed by atoms with Gasteiger partial charge >= 0.3 is 0 Å². The predicted octanol–water partition coefficient (Wildman–Crippen LogP) is 5.97. The maximum absolute atomic E-state index is 12.4. The smallest absolute Gasteiger partial charge is 0.234 e. The van der Waals surface area contributed by atoms with Crippen molar-refractivity contribution in [1.82, 2.24) is 14.8 Å². The van der Waals surface area contributed by atoms with Crippen molar-refractivity contribution in [1.29, 1.82) is 0 Å². The molecule has 0 saturated heterocycles. The van der Waals surface area contributed by atoms with Crippen LogP contribution < -0.4 is 5.32 Å². The Hall–Kier alpha value is -2.80. The highest BCUT2D eigenvalue weighted by atomic mass is 35.5. The molecule has 0 spiro atoms. The van der Waals surface area contributed by atoms with Crippen molar-refractivity contribution >= 4 is 46.6 Å². The molecule has 0 aliphatic carbocycles. The van der Waals surface area contributed by atoms with E-state index in [2.05, 4.69) is 15.5 Å². The van der Waals surface area contributed by atoms with Gasteiger partial charge in [0.05, 0.1) is 10.8 Å². The van der Waals surface area contributed by atoms with Crippen LogP contribution in [0.3, 0.4) is 0 Å². The van der Waals surface area contributed by atoms with Crippen LogP contribution in [0.5, 0.6) is 0 Å². The molecule has 0 saturated carbocycles. The number of nitrogens with zero attached hydrogens (tertiary/aromatic N) is 3. The topological polar surface area (TPSA) is 59.8 Å². The summed E-state index contributed by atoms with van der Waals surface area (Å²) in [6, 6.07) is 24.2. The monoisotopic (exact) mass is 454 g/mol. The predicted molar refractivity (Wildman–Crippen MR) is 123 cm³/mol. The quantitative estimate of drug-likeness (QED) is 0.364. The minimum absolute atomic E-state index is 0.163. The molecule has 3 aromatic carbocycles. The number of anilines is 1. The first-order valence-electron chi connectivity index (χ1n) is 9.06. The molecular formula is C22H16Cl2N4OS. The second-order valence-corrected chi connectivity index (χ2v) is 8.09. The number of rotatable bonds is 6. The first-order chi connectivity index (χ1) is 14.6. The lowest BCUT2D eigenvalue weighted by molar-refractivity contribution is -0.113. The van der Waals surface area contributed by atoms with E-state index in [0.717, 1.165) is 11.3 Å². The van der Waals surface area contributed by atoms with Gasteiger partial charge in [-0.2, -0.15) is 0 Å². The van der Waals surface area contributed by atoms with Gasteiger partial charge in [-0.3, -0.25) is 9.36 Å². The molecule has 0 bridgehead atoms. The third-order valence-electron chi connectivity index (χ3n) is 4.20. The van der Waals surface area contributed by atoms with Gasteiger partial charge in [-0.1, -0.05) is 71.4 Å². The molecule has 0 atom stereocenters. The van der Waals surface area contributed by atoms with E-state index in [1.807, 2.05) is 59.2 Å². The lowest BCUT2D eigenvalue weighted by Gasteiger charge is -2.11. The summed E-state index contributed by atoms with van der Waals surface area (Å²) in [4.78, 5) is 12.4. The molecule has 8 heteroatoms. The highest BCUT2D eigenvalue weighted by Crippen LogP contribution is 2.31. The lowest BCUT2D eigenvalue weighted by Crippen LogP contribution is -2.14. The first-order valence-corrected chi connectivity index (χ1v) is 10.8. The molecule has 5 nitrogen and oxygen atoms in total. The van der Waals surface area contributed by atoms with Gasteiger partial charge in [0.15, 0.2) is 11.0 Å². The van der Waals surface area contributed by atoms with Gasteiger partial charge in [-0.15, -0.1) is 10.2 Å². The van der Waals surface area contributed by atoms with Crippen LogP contribution >= 0.6 is 35.0 Å². The molecule has 1 heterocycles. The average Bonchev–Trinajstić information content (AvgIpc) is 3.17. The summed E-state index contributed by atoms with van der Waals surface area (Å²) in [6.07, 6.45) is 0. The van der Waals surface area contributed by atoms with E-state index in [0.29, 0.717) is 26.7 Å². The number of thioether (sulfide) groups is 1. The number of halogens is 2. The molecule has 150 valence electrons. The Balaban J connectivity index is 1.60. The molecule has 0 aliphatic heterocycles. The van der Waals surface area contributed by atoms with E-state index >= 15 is 0 Å². The third kappa shape index (κ3) is 4.67. The standard InChI is InChI=1S/C22H16Cl2N4OS/c23-15-7-6-8-16(13-15)25-20(29)14-30-22-27-26-21(18-11-4-5-12-19(18)24)28(22)17-9-2-1-3-10-17/h1-13H,14H2,(H,25,29). The average molecular weight is 455 g/mol. The molecule has 30 heavy (non-hydrogen) atoms. The number of carbonyl (C=O) groups is 1. The largest absolute Gasteiger partial charge is 0.325 e. The second kappa shape index (κ2) is 9.34. The van der Waals surface area contributed by atoms with E-state index in [1.54, 1.807) is 24.3 Å². The maximum atomic E-state index is 12.4. The molecule has 0 radical (unpaired) electrons. The molecule has 1 amide bonds. The van der Waals surface area contributed by atoms with Crippen molar-refractivity contribution in [3.8, 4) is 17.1 Å². The Kier molecular flexibility index (Phi) is 6.38. The third-order valence-corrected chi connectivity index (χ3v) is 5.70. The minimum Gasteiger partial charge on any atom is -0.325 e. The van der Waals surface area contributed by atoms with Crippen LogP contribution in [-0.2, 0) is 4.79 Å². The number of nitrogens with one attached hydrogen (secondary N) is 1. The number of hydrogen-bond acceptors (Lipinski definition) is 4. The van der Waals surface area contributed by atoms with Gasteiger partial charge < -0.3 is 5.32 Å². The fourth-order valence-corrected chi connectivity index (χ4v) is 4.05. The van der Waals surface area contributed by atoms with Crippen LogP contribution in [0.25, 0.3) is 17.1 Å². The second-order valence-electron chi connectivity index (χ2n) is 6.30. The minimum atomic E-state index is -0.163. The zero-order valence-electron chi connectivity index (χ0n) is 15.6. The van der Waals surface area contributed by atoms with Crippen LogP contribution in [0, 0.1) is 0 Å². The lowest BCUT2D eigenvalue weighted by atomic mass is 10.2. The Morgan fingerprint density at radius 2 is 1.70 bits per heavy atom. The Morgan fingerprint density at radius 1 is 0.933 bits per heavy atom. The highest BCUT2D eigenvalue weighted by Gasteiger charge is 2.18. The number of aromatic nitrogens is 3. The van der Waals surface area contributed by atoms with Crippen molar-refractivity contribution in [3.05, 3.63) is 88.9 Å². The fourth-order valence-electron chi connectivity index (χ4n) is 2.88. The van der Waals surface area contributed by atoms with Crippen LogP contribution in [0.1, 0.15) is 0 Å². The summed E-state index contributed by atoms with van der Waals surface area (Å²) in [7, 11) is 0. The molecule has 0 aliphatic rings. The molecule has 1 aromatic heterocycles. The highest BCUT2D eigenvalue weighted by molar-refractivity contribution is 7.99. The number of para-hydroxylation sites is 1. The van der Waals surface area contributed by atoms with E-state index in [9.17, 15) is 4.79 Å². The first kappa shape index (κ1) is 20.5. The molecular weight excluding hydrogens is 439 g/mol. The summed E-state index contributed by atoms with van der Waals surface area (Å²) in [6.45, 7) is 0. The van der Waals surface area contributed by atoms with E-state index in [4.69, 9.17) is 23.2 Å². The fraction of sp³-hybridized carbons (Fsp3) is 0.0455. The summed E-state index contributed by atoms with van der Waals surface area (Å²) < 4.78 is 1.90. The van der Waals surface area contributed by atoms with Gasteiger partial charge in [0.1, 0.15) is 0 Å². The van der Waals surface area contributed by atoms with Gasteiger partial charge in [-0.25, -0.2) is 0 Å². The van der Waals surface area contributed by atoms with Crippen molar-refractivity contribution in [2.45, 2.75) is 5.16 Å². The summed E-state index contributed by atoms with van der Waals surface area (Å²) in [5, 5.41) is 13.3. The van der Waals surface area contributed by atoms with Crippen molar-refractivity contribution in [2.24, 2.45) is 0 Å². The van der Waals surface area contributed by atoms with Crippen LogP contribution in [0.15, 0.2) is 84.0 Å². The van der Waals surface area contributed by atoms with Crippen LogP contribution in [0.4, 0.5) is 5.69 Å². The van der Waals surface area contributed by atoms with E-state index < -0.39 is 0 Å². The van der Waals surface area contributed by atoms with Gasteiger partial charge in [0.25, 0.3) is 0 Å². The molecule has 1 N–H and O–H groups in total. The molecule has 0 unspecified atom stereocenters. The normalized spacial score (nSPS) is 10.7. The summed E-state index contributed by atoms with van der Waals surface area (Å²) >= 11 is 13.7. The van der Waals surface area contributed by atoms with Crippen LogP contribution in [-0.4, -0.2) is 26.4 Å². The van der Waals surface area contributed by atoms with Crippen molar-refractivity contribution in [3.63, 3.8) is 0 Å². The number of carbonyl (C=O) groups excluding carboxylic acids is 1. The van der Waals surface area contributed by atoms with Crippen LogP contribution in [0.2, 0.25) is 10.0 Å². The Morgan fingerprint density at radius 3 is 2.47 bits per heavy atom. The summed E-state index contributed by atoms with van der Waals surface area (Å²) in [5.41, 5.74) is 2.30. The number of hydrogen-bond donors (Lipinski definition) is 1. The van der Waals surface area contributed by atoms with Crippen molar-refractivity contribution < 1.29 is 4.79 Å². The van der Waals surface area contributed by atoms with Crippen molar-refractivity contribution in [2.75, 3.05) is 11.1 Å². The van der Waals surface area contributed by atoms with E-state index in [-0.39, 0.29) is 11.7 Å². The SMILES string of the molecule is O=C(CSc1nnc(-c2ccccc2Cl)n1-c1ccccc1)Nc1cccc(Cl)c1. The summed E-state index contributed by atoms with van der Waals surface area (Å²) in [5.74, 6) is 0.619. The Bertz CT molecular complexity index is 1180. The molecule has 4 aromatic rings. The van der Waals surface area contributed by atoms with Gasteiger partial charge in [0, 0.05) is 22.0 Å². The molecule has 4 rings (SSSR count). The zero-order valence-corrected chi connectivity index (χ0v) is 18.0. The van der Waals surface area contributed by atoms with Gasteiger partial charge in [-0.05, 0) is 42.5 Å². The number of amides is 1.